The van der Waals surface area contributed by atoms with Gasteiger partial charge in [-0.25, -0.2) is 0 Å². The Hall–Kier alpha value is -2.86. The summed E-state index contributed by atoms with van der Waals surface area (Å²) in [5, 5.41) is 14.0. The molecular formula is C19H16N2O3S. The Kier molecular flexibility index (Phi) is 5.00. The van der Waals surface area contributed by atoms with Gasteiger partial charge in [-0.05, 0) is 42.2 Å². The highest BCUT2D eigenvalue weighted by Gasteiger charge is 2.32. The molecule has 0 aliphatic heterocycles. The van der Waals surface area contributed by atoms with Gasteiger partial charge in [-0.1, -0.05) is 42.5 Å². The van der Waals surface area contributed by atoms with Gasteiger partial charge < -0.3 is 5.32 Å². The minimum atomic E-state index is -0.444. The number of nitrogens with zero attached hydrogens (tertiary/aromatic N) is 1. The summed E-state index contributed by atoms with van der Waals surface area (Å²) in [5.41, 5.74) is 2.18. The summed E-state index contributed by atoms with van der Waals surface area (Å²) in [6.07, 6.45) is 2.99. The van der Waals surface area contributed by atoms with Crippen molar-refractivity contribution in [1.29, 1.82) is 0 Å². The second-order valence-corrected chi connectivity index (χ2v) is 6.27. The fourth-order valence-corrected chi connectivity index (χ4v) is 3.19. The monoisotopic (exact) mass is 352 g/mol. The van der Waals surface area contributed by atoms with Gasteiger partial charge in [-0.15, -0.1) is 0 Å². The molecule has 6 heteroatoms. The van der Waals surface area contributed by atoms with Gasteiger partial charge in [0.2, 0.25) is 0 Å². The average Bonchev–Trinajstić information content (AvgIpc) is 2.97. The number of anilines is 1. The number of nitro benzene ring substituents is 1. The molecule has 1 N–H and O–H groups in total. The van der Waals surface area contributed by atoms with Crippen molar-refractivity contribution in [2.75, 3.05) is 5.32 Å². The molecule has 126 valence electrons. The quantitative estimate of drug-likeness (QED) is 0.382. The molecule has 0 spiro atoms. The Labute approximate surface area is 150 Å². The third kappa shape index (κ3) is 3.97. The normalized spacial score (nSPS) is 18.3. The summed E-state index contributed by atoms with van der Waals surface area (Å²) < 4.78 is 0. The van der Waals surface area contributed by atoms with Crippen LogP contribution in [0, 0.1) is 16.0 Å². The number of benzene rings is 2. The van der Waals surface area contributed by atoms with Gasteiger partial charge in [-0.2, -0.15) is 0 Å². The van der Waals surface area contributed by atoms with E-state index in [1.165, 1.54) is 12.1 Å². The number of non-ortho nitro benzene ring substituents is 1. The summed E-state index contributed by atoms with van der Waals surface area (Å²) in [6, 6.07) is 15.8. The number of allylic oxidation sites excluding steroid dienone is 1. The van der Waals surface area contributed by atoms with Crippen LogP contribution in [0.25, 0.3) is 6.08 Å². The molecule has 0 aromatic heterocycles. The lowest BCUT2D eigenvalue weighted by atomic mass is 10.0. The van der Waals surface area contributed by atoms with Gasteiger partial charge in [0, 0.05) is 17.8 Å². The van der Waals surface area contributed by atoms with Crippen LogP contribution in [-0.4, -0.2) is 15.7 Å². The Bertz CT molecular complexity index is 862. The maximum absolute atomic E-state index is 12.6. The minimum Gasteiger partial charge on any atom is -0.349 e. The molecule has 1 aliphatic carbocycles. The zero-order valence-electron chi connectivity index (χ0n) is 13.3. The fraction of sp³-hybridized carbons (Fsp3) is 0.158. The lowest BCUT2D eigenvalue weighted by Crippen LogP contribution is -2.24. The number of carbonyl (C=O) groups is 1. The van der Waals surface area contributed by atoms with Crippen molar-refractivity contribution < 1.29 is 9.72 Å². The van der Waals surface area contributed by atoms with E-state index < -0.39 is 4.92 Å². The minimum absolute atomic E-state index is 0.0117. The van der Waals surface area contributed by atoms with Crippen molar-refractivity contribution >= 4 is 40.4 Å². The number of nitro groups is 1. The van der Waals surface area contributed by atoms with Gasteiger partial charge in [0.25, 0.3) is 5.69 Å². The number of rotatable bonds is 4. The van der Waals surface area contributed by atoms with Crippen LogP contribution in [0.2, 0.25) is 0 Å². The second kappa shape index (κ2) is 7.36. The van der Waals surface area contributed by atoms with E-state index in [9.17, 15) is 14.9 Å². The Morgan fingerprint density at radius 3 is 2.68 bits per heavy atom. The molecule has 1 unspecified atom stereocenters. The lowest BCUT2D eigenvalue weighted by Gasteiger charge is -2.12. The first-order valence-corrected chi connectivity index (χ1v) is 8.30. The molecule has 1 fully saturated rings. The number of ketones is 1. The van der Waals surface area contributed by atoms with E-state index in [1.807, 2.05) is 30.3 Å². The van der Waals surface area contributed by atoms with Gasteiger partial charge in [0.05, 0.1) is 15.8 Å². The van der Waals surface area contributed by atoms with Crippen molar-refractivity contribution in [3.63, 3.8) is 0 Å². The first-order valence-electron chi connectivity index (χ1n) is 7.90. The van der Waals surface area contributed by atoms with Gasteiger partial charge in [0.1, 0.15) is 0 Å². The zero-order chi connectivity index (χ0) is 17.8. The number of Topliss-reactive ketones (excluding diaryl/α,β-unsaturated/α-hetero) is 1. The van der Waals surface area contributed by atoms with E-state index in [0.717, 1.165) is 5.69 Å². The Balaban J connectivity index is 1.74. The van der Waals surface area contributed by atoms with Crippen LogP contribution < -0.4 is 5.32 Å². The molecule has 1 saturated carbocycles. The van der Waals surface area contributed by atoms with E-state index >= 15 is 0 Å². The van der Waals surface area contributed by atoms with Gasteiger partial charge >= 0.3 is 0 Å². The highest BCUT2D eigenvalue weighted by Crippen LogP contribution is 2.30. The third-order valence-corrected chi connectivity index (χ3v) is 4.50. The lowest BCUT2D eigenvalue weighted by molar-refractivity contribution is -0.384. The van der Waals surface area contributed by atoms with E-state index in [0.29, 0.717) is 29.0 Å². The first kappa shape index (κ1) is 17.0. The molecule has 2 aromatic carbocycles. The summed E-state index contributed by atoms with van der Waals surface area (Å²) in [4.78, 5) is 23.6. The maximum Gasteiger partial charge on any atom is 0.270 e. The highest BCUT2D eigenvalue weighted by molar-refractivity contribution is 7.80. The van der Waals surface area contributed by atoms with Crippen molar-refractivity contribution in [3.05, 3.63) is 75.8 Å². The molecule has 0 amide bonds. The first-order chi connectivity index (χ1) is 12.0. The topological polar surface area (TPSA) is 72.2 Å². The van der Waals surface area contributed by atoms with Crippen LogP contribution in [0.15, 0.2) is 60.2 Å². The number of thiocarbonyl (C=S) groups is 1. The average molecular weight is 352 g/mol. The summed E-state index contributed by atoms with van der Waals surface area (Å²) in [6.45, 7) is 0. The largest absolute Gasteiger partial charge is 0.349 e. The van der Waals surface area contributed by atoms with Crippen LogP contribution in [0.1, 0.15) is 18.4 Å². The smallest absolute Gasteiger partial charge is 0.270 e. The molecule has 25 heavy (non-hydrogen) atoms. The van der Waals surface area contributed by atoms with E-state index in [1.54, 1.807) is 18.2 Å². The summed E-state index contributed by atoms with van der Waals surface area (Å²) in [5.74, 6) is -0.361. The molecule has 1 aliphatic rings. The van der Waals surface area contributed by atoms with E-state index in [-0.39, 0.29) is 17.4 Å². The SMILES string of the molecule is O=C1/C(=C/c2cccc([N+](=O)[O-])c2)CCC1C(=S)Nc1ccccc1. The van der Waals surface area contributed by atoms with E-state index in [2.05, 4.69) is 5.32 Å². The van der Waals surface area contributed by atoms with Crippen molar-refractivity contribution in [2.24, 2.45) is 5.92 Å². The van der Waals surface area contributed by atoms with Crippen molar-refractivity contribution in [3.8, 4) is 0 Å². The van der Waals surface area contributed by atoms with Crippen molar-refractivity contribution in [2.45, 2.75) is 12.8 Å². The molecule has 0 bridgehead atoms. The predicted molar refractivity (Wildman–Crippen MR) is 101 cm³/mol. The zero-order valence-corrected chi connectivity index (χ0v) is 14.2. The summed E-state index contributed by atoms with van der Waals surface area (Å²) in [7, 11) is 0. The van der Waals surface area contributed by atoms with Crippen LogP contribution in [-0.2, 0) is 4.79 Å². The van der Waals surface area contributed by atoms with E-state index in [4.69, 9.17) is 12.2 Å². The van der Waals surface area contributed by atoms with Gasteiger partial charge in [0.15, 0.2) is 5.78 Å². The number of nitrogens with one attached hydrogen (secondary N) is 1. The molecule has 5 nitrogen and oxygen atoms in total. The molecule has 3 rings (SSSR count). The summed E-state index contributed by atoms with van der Waals surface area (Å²) >= 11 is 5.40. The van der Waals surface area contributed by atoms with Gasteiger partial charge in [-0.3, -0.25) is 14.9 Å². The number of para-hydroxylation sites is 1. The number of hydrogen-bond donors (Lipinski definition) is 1. The van der Waals surface area contributed by atoms with Crippen molar-refractivity contribution in [1.82, 2.24) is 0 Å². The maximum atomic E-state index is 12.6. The van der Waals surface area contributed by atoms with Crippen LogP contribution >= 0.6 is 12.2 Å². The molecule has 0 heterocycles. The van der Waals surface area contributed by atoms with Crippen LogP contribution in [0.3, 0.4) is 0 Å². The third-order valence-electron chi connectivity index (χ3n) is 4.12. The second-order valence-electron chi connectivity index (χ2n) is 5.83. The standard InChI is InChI=1S/C19H16N2O3S/c22-18-14(11-13-5-4-8-16(12-13)21(23)24)9-10-17(18)19(25)20-15-6-2-1-3-7-15/h1-8,11-12,17H,9-10H2,(H,20,25)/b14-11+. The molecule has 2 aromatic rings. The molecular weight excluding hydrogens is 336 g/mol. The molecule has 1 atom stereocenters. The molecule has 0 radical (unpaired) electrons. The number of carbonyl (C=O) groups excluding carboxylic acids is 1. The highest BCUT2D eigenvalue weighted by atomic mass is 32.1. The van der Waals surface area contributed by atoms with Crippen LogP contribution in [0.5, 0.6) is 0 Å². The Morgan fingerprint density at radius 2 is 1.96 bits per heavy atom. The Morgan fingerprint density at radius 1 is 1.20 bits per heavy atom. The molecule has 0 saturated heterocycles. The van der Waals surface area contributed by atoms with Crippen LogP contribution in [0.4, 0.5) is 11.4 Å². The predicted octanol–water partition coefficient (Wildman–Crippen LogP) is 4.40. The fourth-order valence-electron chi connectivity index (χ4n) is 2.85. The number of hydrogen-bond acceptors (Lipinski definition) is 4.